The van der Waals surface area contributed by atoms with Gasteiger partial charge in [0.15, 0.2) is 0 Å². The summed E-state index contributed by atoms with van der Waals surface area (Å²) in [7, 11) is -0.171. The number of methoxy groups -OCH3 is 1. The van der Waals surface area contributed by atoms with Gasteiger partial charge in [-0.1, -0.05) is 6.92 Å². The van der Waals surface area contributed by atoms with Crippen molar-refractivity contribution in [1.82, 2.24) is 9.21 Å². The summed E-state index contributed by atoms with van der Waals surface area (Å²) < 4.78 is 32.0. The fourth-order valence-corrected chi connectivity index (χ4v) is 4.35. The summed E-state index contributed by atoms with van der Waals surface area (Å²) >= 11 is 0. The quantitative estimate of drug-likeness (QED) is 0.804. The minimum absolute atomic E-state index is 0.0835. The monoisotopic (exact) mass is 326 g/mol. The van der Waals surface area contributed by atoms with Crippen molar-refractivity contribution in [3.8, 4) is 5.75 Å². The van der Waals surface area contributed by atoms with Crippen LogP contribution in [0.3, 0.4) is 0 Å². The fraction of sp³-hybridized carbons (Fsp3) is 0.625. The first-order valence-electron chi connectivity index (χ1n) is 7.83. The van der Waals surface area contributed by atoms with E-state index in [1.165, 1.54) is 4.31 Å². The largest absolute Gasteiger partial charge is 0.497 e. The third-order valence-electron chi connectivity index (χ3n) is 4.35. The van der Waals surface area contributed by atoms with Gasteiger partial charge in [0.2, 0.25) is 10.0 Å². The highest BCUT2D eigenvalue weighted by Gasteiger charge is 2.30. The standard InChI is InChI=1S/C16H26N2O3S/c1-4-11-18-12-9-14(10-13-18)17(2)22(19,20)16-7-5-15(21-3)6-8-16/h5-8,14H,4,9-13H2,1-3H3. The lowest BCUT2D eigenvalue weighted by Gasteiger charge is -2.36. The topological polar surface area (TPSA) is 49.9 Å². The molecule has 124 valence electrons. The van der Waals surface area contributed by atoms with E-state index in [-0.39, 0.29) is 6.04 Å². The van der Waals surface area contributed by atoms with Crippen molar-refractivity contribution in [2.24, 2.45) is 0 Å². The van der Waals surface area contributed by atoms with Crippen molar-refractivity contribution in [1.29, 1.82) is 0 Å². The molecule has 0 aliphatic carbocycles. The van der Waals surface area contributed by atoms with E-state index >= 15 is 0 Å². The Balaban J connectivity index is 2.05. The maximum Gasteiger partial charge on any atom is 0.243 e. The summed E-state index contributed by atoms with van der Waals surface area (Å²) in [4.78, 5) is 2.73. The number of hydrogen-bond donors (Lipinski definition) is 0. The molecule has 22 heavy (non-hydrogen) atoms. The van der Waals surface area contributed by atoms with Crippen LogP contribution in [-0.4, -0.2) is 57.5 Å². The maximum atomic E-state index is 12.7. The predicted molar refractivity (Wildman–Crippen MR) is 87.7 cm³/mol. The molecule has 0 amide bonds. The molecule has 0 radical (unpaired) electrons. The molecule has 1 aliphatic heterocycles. The number of hydrogen-bond acceptors (Lipinski definition) is 4. The van der Waals surface area contributed by atoms with Crippen LogP contribution in [-0.2, 0) is 10.0 Å². The zero-order chi connectivity index (χ0) is 16.2. The Kier molecular flexibility index (Phi) is 5.83. The molecule has 0 bridgehead atoms. The highest BCUT2D eigenvalue weighted by Crippen LogP contribution is 2.24. The molecule has 2 rings (SSSR count). The van der Waals surface area contributed by atoms with E-state index in [9.17, 15) is 8.42 Å². The van der Waals surface area contributed by atoms with Crippen molar-refractivity contribution >= 4 is 10.0 Å². The van der Waals surface area contributed by atoms with Gasteiger partial charge < -0.3 is 9.64 Å². The van der Waals surface area contributed by atoms with Crippen molar-refractivity contribution in [2.45, 2.75) is 37.1 Å². The Morgan fingerprint density at radius 2 is 1.82 bits per heavy atom. The Labute approximate surface area is 133 Å². The average molecular weight is 326 g/mol. The number of rotatable bonds is 6. The zero-order valence-electron chi connectivity index (χ0n) is 13.7. The normalized spacial score (nSPS) is 17.8. The first kappa shape index (κ1) is 17.2. The third kappa shape index (κ3) is 3.80. The van der Waals surface area contributed by atoms with E-state index in [0.717, 1.165) is 38.9 Å². The summed E-state index contributed by atoms with van der Waals surface area (Å²) in [6.45, 7) is 5.22. The van der Waals surface area contributed by atoms with Crippen LogP contribution in [0.15, 0.2) is 29.2 Å². The lowest BCUT2D eigenvalue weighted by Crippen LogP contribution is -2.45. The molecule has 6 heteroatoms. The first-order valence-corrected chi connectivity index (χ1v) is 9.27. The number of piperidine rings is 1. The number of likely N-dealkylation sites (tertiary alicyclic amines) is 1. The van der Waals surface area contributed by atoms with Crippen LogP contribution in [0, 0.1) is 0 Å². The number of sulfonamides is 1. The third-order valence-corrected chi connectivity index (χ3v) is 6.27. The Hall–Kier alpha value is -1.11. The van der Waals surface area contributed by atoms with Crippen LogP contribution in [0.4, 0.5) is 0 Å². The van der Waals surface area contributed by atoms with Crippen LogP contribution < -0.4 is 4.74 Å². The van der Waals surface area contributed by atoms with Crippen LogP contribution in [0.25, 0.3) is 0 Å². The zero-order valence-corrected chi connectivity index (χ0v) is 14.5. The Morgan fingerprint density at radius 1 is 1.23 bits per heavy atom. The second-order valence-electron chi connectivity index (χ2n) is 5.77. The van der Waals surface area contributed by atoms with E-state index in [2.05, 4.69) is 11.8 Å². The highest BCUT2D eigenvalue weighted by molar-refractivity contribution is 7.89. The first-order chi connectivity index (χ1) is 10.5. The Morgan fingerprint density at radius 3 is 2.32 bits per heavy atom. The second-order valence-corrected chi connectivity index (χ2v) is 7.77. The predicted octanol–water partition coefficient (Wildman–Crippen LogP) is 2.19. The van der Waals surface area contributed by atoms with E-state index < -0.39 is 10.0 Å². The molecule has 0 aromatic heterocycles. The summed E-state index contributed by atoms with van der Waals surface area (Å²) in [5.41, 5.74) is 0. The van der Waals surface area contributed by atoms with Crippen molar-refractivity contribution in [3.05, 3.63) is 24.3 Å². The van der Waals surface area contributed by atoms with E-state index in [0.29, 0.717) is 10.6 Å². The molecule has 0 spiro atoms. The highest BCUT2D eigenvalue weighted by atomic mass is 32.2. The average Bonchev–Trinajstić information content (AvgIpc) is 2.55. The molecule has 0 unspecified atom stereocenters. The molecule has 5 nitrogen and oxygen atoms in total. The Bertz CT molecular complexity index is 564. The van der Waals surface area contributed by atoms with Gasteiger partial charge in [0.1, 0.15) is 5.75 Å². The van der Waals surface area contributed by atoms with Crippen LogP contribution >= 0.6 is 0 Å². The summed E-state index contributed by atoms with van der Waals surface area (Å²) in [6, 6.07) is 6.67. The molecular formula is C16H26N2O3S. The molecule has 1 heterocycles. The molecule has 0 atom stereocenters. The van der Waals surface area contributed by atoms with Crippen molar-refractivity contribution in [3.63, 3.8) is 0 Å². The van der Waals surface area contributed by atoms with Gasteiger partial charge in [-0.15, -0.1) is 0 Å². The molecule has 1 aromatic rings. The fourth-order valence-electron chi connectivity index (χ4n) is 2.93. The molecular weight excluding hydrogens is 300 g/mol. The van der Waals surface area contributed by atoms with Gasteiger partial charge in [-0.3, -0.25) is 0 Å². The molecule has 1 aliphatic rings. The van der Waals surface area contributed by atoms with Gasteiger partial charge >= 0.3 is 0 Å². The van der Waals surface area contributed by atoms with Gasteiger partial charge in [-0.25, -0.2) is 8.42 Å². The van der Waals surface area contributed by atoms with Gasteiger partial charge in [0, 0.05) is 13.1 Å². The molecule has 1 saturated heterocycles. The SMILES string of the molecule is CCCN1CCC(N(C)S(=O)(=O)c2ccc(OC)cc2)CC1. The summed E-state index contributed by atoms with van der Waals surface area (Å²) in [5, 5.41) is 0. The minimum Gasteiger partial charge on any atom is -0.497 e. The molecule has 0 N–H and O–H groups in total. The van der Waals surface area contributed by atoms with Crippen molar-refractivity contribution < 1.29 is 13.2 Å². The van der Waals surface area contributed by atoms with E-state index in [1.807, 2.05) is 0 Å². The van der Waals surface area contributed by atoms with E-state index in [4.69, 9.17) is 4.74 Å². The van der Waals surface area contributed by atoms with Crippen molar-refractivity contribution in [2.75, 3.05) is 33.8 Å². The lowest BCUT2D eigenvalue weighted by molar-refractivity contribution is 0.170. The van der Waals surface area contributed by atoms with Crippen LogP contribution in [0.1, 0.15) is 26.2 Å². The van der Waals surface area contributed by atoms with Gasteiger partial charge in [-0.05, 0) is 63.2 Å². The molecule has 1 aromatic carbocycles. The van der Waals surface area contributed by atoms with Crippen LogP contribution in [0.5, 0.6) is 5.75 Å². The number of nitrogens with zero attached hydrogens (tertiary/aromatic N) is 2. The summed E-state index contributed by atoms with van der Waals surface area (Å²) in [5.74, 6) is 0.662. The van der Waals surface area contributed by atoms with E-state index in [1.54, 1.807) is 38.4 Å². The molecule has 0 saturated carbocycles. The number of ether oxygens (including phenoxy) is 1. The minimum atomic E-state index is -3.43. The molecule has 1 fully saturated rings. The summed E-state index contributed by atoms with van der Waals surface area (Å²) in [6.07, 6.45) is 2.93. The lowest BCUT2D eigenvalue weighted by atomic mass is 10.1. The number of benzene rings is 1. The van der Waals surface area contributed by atoms with Gasteiger partial charge in [-0.2, -0.15) is 4.31 Å². The van der Waals surface area contributed by atoms with Crippen LogP contribution in [0.2, 0.25) is 0 Å². The second kappa shape index (κ2) is 7.44. The van der Waals surface area contributed by atoms with Gasteiger partial charge in [0.25, 0.3) is 0 Å². The smallest absolute Gasteiger partial charge is 0.243 e. The maximum absolute atomic E-state index is 12.7. The van der Waals surface area contributed by atoms with Gasteiger partial charge in [0.05, 0.1) is 12.0 Å².